The molecule has 0 aliphatic carbocycles. The largest absolute Gasteiger partial charge is 0.355 e. The Kier molecular flexibility index (Phi) is 6.98. The molecule has 3 atom stereocenters. The Morgan fingerprint density at radius 2 is 2.14 bits per heavy atom. The second kappa shape index (κ2) is 10.5. The fourth-order valence-corrected chi connectivity index (χ4v) is 7.11. The molecule has 6 rings (SSSR count). The predicted molar refractivity (Wildman–Crippen MR) is 145 cm³/mol. The number of thiazole rings is 1. The Balaban J connectivity index is 1.14. The second-order valence-corrected chi connectivity index (χ2v) is 11.7. The van der Waals surface area contributed by atoms with Crippen LogP contribution in [0, 0.1) is 0 Å². The number of aromatic nitrogens is 2. The van der Waals surface area contributed by atoms with E-state index in [9.17, 15) is 0 Å². The van der Waals surface area contributed by atoms with Gasteiger partial charge in [-0.3, -0.25) is 0 Å². The summed E-state index contributed by atoms with van der Waals surface area (Å²) in [7, 11) is 0. The molecule has 4 aromatic rings. The van der Waals surface area contributed by atoms with Crippen molar-refractivity contribution in [3.63, 3.8) is 0 Å². The van der Waals surface area contributed by atoms with E-state index >= 15 is 0 Å². The van der Waals surface area contributed by atoms with Crippen molar-refractivity contribution in [2.45, 2.75) is 57.3 Å². The molecule has 1 N–H and O–H groups in total. The summed E-state index contributed by atoms with van der Waals surface area (Å²) in [4.78, 5) is 14.3. The van der Waals surface area contributed by atoms with Crippen LogP contribution in [0.25, 0.3) is 20.4 Å². The van der Waals surface area contributed by atoms with E-state index in [1.54, 1.807) is 11.3 Å². The first-order chi connectivity index (χ1) is 17.2. The standard InChI is InChI=1S/C27H32N4O2S2/c1-18(33-26-6-2-3-12-32-26)15-31-11-4-5-19(16-31)25-14-21-22(9-10-28-27(21)35-25)30-20-7-8-24-23(13-20)29-17-34-24/h7-10,13-14,17-19,26H,2-6,11-12,15-16H2,1H3,(H,28,30). The average molecular weight is 509 g/mol. The van der Waals surface area contributed by atoms with Gasteiger partial charge in [0.05, 0.1) is 27.5 Å². The number of rotatable bonds is 7. The number of ether oxygens (including phenoxy) is 2. The van der Waals surface area contributed by atoms with Crippen molar-refractivity contribution < 1.29 is 9.47 Å². The summed E-state index contributed by atoms with van der Waals surface area (Å²) in [6.45, 7) is 6.21. The maximum Gasteiger partial charge on any atom is 0.157 e. The van der Waals surface area contributed by atoms with Gasteiger partial charge >= 0.3 is 0 Å². The van der Waals surface area contributed by atoms with Crippen molar-refractivity contribution in [3.8, 4) is 0 Å². The van der Waals surface area contributed by atoms with E-state index in [0.29, 0.717) is 5.92 Å². The highest BCUT2D eigenvalue weighted by Gasteiger charge is 2.26. The van der Waals surface area contributed by atoms with Gasteiger partial charge in [0, 0.05) is 47.8 Å². The zero-order chi connectivity index (χ0) is 23.6. The summed E-state index contributed by atoms with van der Waals surface area (Å²) in [6.07, 6.45) is 7.92. The average Bonchev–Trinajstić information content (AvgIpc) is 3.52. The maximum absolute atomic E-state index is 6.19. The molecule has 1 aromatic carbocycles. The molecule has 2 aliphatic rings. The summed E-state index contributed by atoms with van der Waals surface area (Å²) in [6, 6.07) is 10.8. The lowest BCUT2D eigenvalue weighted by atomic mass is 9.96. The number of nitrogens with one attached hydrogen (secondary N) is 1. The molecule has 5 heterocycles. The van der Waals surface area contributed by atoms with Crippen LogP contribution < -0.4 is 5.32 Å². The summed E-state index contributed by atoms with van der Waals surface area (Å²) in [5, 5.41) is 4.81. The highest BCUT2D eigenvalue weighted by molar-refractivity contribution is 7.18. The molecule has 0 saturated carbocycles. The first-order valence-electron chi connectivity index (χ1n) is 12.7. The number of thiophene rings is 1. The number of benzene rings is 1. The van der Waals surface area contributed by atoms with E-state index in [1.807, 2.05) is 23.0 Å². The smallest absolute Gasteiger partial charge is 0.157 e. The predicted octanol–water partition coefficient (Wildman–Crippen LogP) is 6.76. The van der Waals surface area contributed by atoms with Gasteiger partial charge in [-0.1, -0.05) is 0 Å². The molecule has 0 spiro atoms. The Bertz CT molecular complexity index is 1280. The van der Waals surface area contributed by atoms with Crippen LogP contribution in [0.2, 0.25) is 0 Å². The van der Waals surface area contributed by atoms with Gasteiger partial charge in [0.15, 0.2) is 6.29 Å². The molecule has 184 valence electrons. The highest BCUT2D eigenvalue weighted by atomic mass is 32.1. The van der Waals surface area contributed by atoms with E-state index in [0.717, 1.165) is 60.8 Å². The van der Waals surface area contributed by atoms with Gasteiger partial charge in [0.25, 0.3) is 0 Å². The minimum atomic E-state index is -0.0184. The monoisotopic (exact) mass is 508 g/mol. The topological polar surface area (TPSA) is 59.5 Å². The molecule has 0 amide bonds. The van der Waals surface area contributed by atoms with Gasteiger partial charge in [-0.15, -0.1) is 22.7 Å². The van der Waals surface area contributed by atoms with E-state index in [2.05, 4.69) is 52.5 Å². The minimum Gasteiger partial charge on any atom is -0.355 e. The minimum absolute atomic E-state index is 0.0184. The van der Waals surface area contributed by atoms with Crippen molar-refractivity contribution in [2.75, 3.05) is 31.6 Å². The molecule has 35 heavy (non-hydrogen) atoms. The summed E-state index contributed by atoms with van der Waals surface area (Å²) in [5.74, 6) is 0.542. The molecular formula is C27H32N4O2S2. The highest BCUT2D eigenvalue weighted by Crippen LogP contribution is 2.38. The van der Waals surface area contributed by atoms with Crippen LogP contribution in [0.3, 0.4) is 0 Å². The number of anilines is 2. The normalized spacial score (nSPS) is 22.5. The number of pyridine rings is 1. The third kappa shape index (κ3) is 5.37. The zero-order valence-electron chi connectivity index (χ0n) is 20.1. The molecule has 2 saturated heterocycles. The molecule has 2 aliphatic heterocycles. The second-order valence-electron chi connectivity index (χ2n) is 9.73. The van der Waals surface area contributed by atoms with Gasteiger partial charge in [0.2, 0.25) is 0 Å². The van der Waals surface area contributed by atoms with Gasteiger partial charge in [0.1, 0.15) is 4.83 Å². The summed E-state index contributed by atoms with van der Waals surface area (Å²) in [5.41, 5.74) is 5.10. The number of likely N-dealkylation sites (tertiary alicyclic amines) is 1. The number of nitrogens with zero attached hydrogens (tertiary/aromatic N) is 3. The summed E-state index contributed by atoms with van der Waals surface area (Å²) >= 11 is 3.51. The third-order valence-electron chi connectivity index (χ3n) is 7.01. The van der Waals surface area contributed by atoms with Crippen LogP contribution in [0.1, 0.15) is 49.8 Å². The first kappa shape index (κ1) is 23.3. The Morgan fingerprint density at radius 1 is 1.17 bits per heavy atom. The molecule has 6 nitrogen and oxygen atoms in total. The lowest BCUT2D eigenvalue weighted by Crippen LogP contribution is -2.40. The number of hydrogen-bond acceptors (Lipinski definition) is 8. The molecule has 3 aromatic heterocycles. The zero-order valence-corrected chi connectivity index (χ0v) is 21.7. The van der Waals surface area contributed by atoms with Gasteiger partial charge in [-0.25, -0.2) is 9.97 Å². The van der Waals surface area contributed by atoms with Crippen LogP contribution in [0.4, 0.5) is 11.4 Å². The third-order valence-corrected chi connectivity index (χ3v) is 9.02. The van der Waals surface area contributed by atoms with E-state index < -0.39 is 0 Å². The number of hydrogen-bond donors (Lipinski definition) is 1. The van der Waals surface area contributed by atoms with Crippen LogP contribution >= 0.6 is 22.7 Å². The van der Waals surface area contributed by atoms with Crippen molar-refractivity contribution in [3.05, 3.63) is 46.9 Å². The maximum atomic E-state index is 6.19. The first-order valence-corrected chi connectivity index (χ1v) is 14.4. The van der Waals surface area contributed by atoms with Gasteiger partial charge < -0.3 is 19.7 Å². The van der Waals surface area contributed by atoms with Crippen molar-refractivity contribution in [1.29, 1.82) is 0 Å². The van der Waals surface area contributed by atoms with E-state index in [1.165, 1.54) is 34.2 Å². The van der Waals surface area contributed by atoms with Gasteiger partial charge in [-0.2, -0.15) is 0 Å². The molecule has 2 fully saturated rings. The van der Waals surface area contributed by atoms with Crippen molar-refractivity contribution >= 4 is 54.5 Å². The molecule has 3 unspecified atom stereocenters. The quantitative estimate of drug-likeness (QED) is 0.298. The van der Waals surface area contributed by atoms with Crippen molar-refractivity contribution in [2.24, 2.45) is 0 Å². The molecule has 0 bridgehead atoms. The molecular weight excluding hydrogens is 476 g/mol. The molecule has 8 heteroatoms. The van der Waals surface area contributed by atoms with Crippen LogP contribution in [-0.4, -0.2) is 53.5 Å². The van der Waals surface area contributed by atoms with Crippen LogP contribution in [-0.2, 0) is 9.47 Å². The van der Waals surface area contributed by atoms with Crippen LogP contribution in [0.5, 0.6) is 0 Å². The Morgan fingerprint density at radius 3 is 3.06 bits per heavy atom. The van der Waals surface area contributed by atoms with Gasteiger partial charge in [-0.05, 0) is 75.9 Å². The fraction of sp³-hybridized carbons (Fsp3) is 0.481. The Hall–Kier alpha value is -2.10. The number of piperidine rings is 1. The fourth-order valence-electron chi connectivity index (χ4n) is 5.30. The SMILES string of the molecule is CC(CN1CCCC(c2cc3c(Nc4ccc5scnc5c4)ccnc3s2)C1)OC1CCCCO1. The summed E-state index contributed by atoms with van der Waals surface area (Å²) < 4.78 is 13.2. The lowest BCUT2D eigenvalue weighted by Gasteiger charge is -2.35. The van der Waals surface area contributed by atoms with E-state index in [-0.39, 0.29) is 12.4 Å². The van der Waals surface area contributed by atoms with Crippen LogP contribution in [0.15, 0.2) is 42.0 Å². The van der Waals surface area contributed by atoms with Crippen molar-refractivity contribution in [1.82, 2.24) is 14.9 Å². The Labute approximate surface area is 214 Å². The number of fused-ring (bicyclic) bond motifs is 2. The molecule has 0 radical (unpaired) electrons. The lowest BCUT2D eigenvalue weighted by molar-refractivity contribution is -0.187. The van der Waals surface area contributed by atoms with E-state index in [4.69, 9.17) is 14.5 Å².